The summed E-state index contributed by atoms with van der Waals surface area (Å²) in [5, 5.41) is 2.62. The molecule has 6 nitrogen and oxygen atoms in total. The molecule has 0 aromatic heterocycles. The number of benzene rings is 3. The van der Waals surface area contributed by atoms with Gasteiger partial charge in [0.05, 0.1) is 12.3 Å². The van der Waals surface area contributed by atoms with Crippen LogP contribution in [0.4, 0.5) is 5.69 Å². The second-order valence-corrected chi connectivity index (χ2v) is 8.67. The average molecular weight is 537 g/mol. The Hall–Kier alpha value is -3.49. The van der Waals surface area contributed by atoms with Gasteiger partial charge in [0.25, 0.3) is 11.8 Å². The molecule has 0 saturated carbocycles. The van der Waals surface area contributed by atoms with Gasteiger partial charge in [-0.15, -0.1) is 0 Å². The molecule has 0 spiro atoms. The van der Waals surface area contributed by atoms with E-state index in [1.54, 1.807) is 48.5 Å². The highest BCUT2D eigenvalue weighted by Crippen LogP contribution is 2.26. The molecule has 4 rings (SSSR count). The first-order valence-electron chi connectivity index (χ1n) is 10.6. The zero-order chi connectivity index (χ0) is 24.1. The third-order valence-electron chi connectivity index (χ3n) is 5.00. The normalized spacial score (nSPS) is 14.8. The number of hydrogen-bond donors (Lipinski definition) is 1. The molecule has 1 N–H and O–H groups in total. The molecule has 3 aromatic rings. The molecule has 0 aliphatic carbocycles. The van der Waals surface area contributed by atoms with E-state index in [4.69, 9.17) is 21.7 Å². The number of nitrogens with one attached hydrogen (secondary N) is 1. The summed E-state index contributed by atoms with van der Waals surface area (Å²) in [6.07, 6.45) is 1.54. The minimum atomic E-state index is -0.539. The lowest BCUT2D eigenvalue weighted by Gasteiger charge is -2.29. The summed E-state index contributed by atoms with van der Waals surface area (Å²) < 4.78 is 12.3. The number of halogens is 1. The number of anilines is 1. The summed E-state index contributed by atoms with van der Waals surface area (Å²) in [6.45, 7) is 2.80. The second kappa shape index (κ2) is 10.6. The first-order chi connectivity index (χ1) is 16.4. The highest BCUT2D eigenvalue weighted by atomic mass is 79.9. The number of ether oxygens (including phenoxy) is 2. The van der Waals surface area contributed by atoms with Gasteiger partial charge in [-0.25, -0.2) is 0 Å². The predicted molar refractivity (Wildman–Crippen MR) is 139 cm³/mol. The molecule has 1 aliphatic rings. The van der Waals surface area contributed by atoms with Crippen LogP contribution in [0.15, 0.2) is 82.8 Å². The molecule has 1 fully saturated rings. The Morgan fingerprint density at radius 3 is 2.41 bits per heavy atom. The summed E-state index contributed by atoms with van der Waals surface area (Å²) in [5.74, 6) is 0.248. The van der Waals surface area contributed by atoms with Gasteiger partial charge in [-0.2, -0.15) is 0 Å². The van der Waals surface area contributed by atoms with Gasteiger partial charge < -0.3 is 9.47 Å². The van der Waals surface area contributed by atoms with Crippen LogP contribution in [0.3, 0.4) is 0 Å². The minimum absolute atomic E-state index is 0.0149. The van der Waals surface area contributed by atoms with Crippen LogP contribution in [-0.4, -0.2) is 23.5 Å². The fourth-order valence-electron chi connectivity index (χ4n) is 3.35. The third-order valence-corrected chi connectivity index (χ3v) is 5.81. The van der Waals surface area contributed by atoms with Gasteiger partial charge in [0.1, 0.15) is 23.7 Å². The Balaban J connectivity index is 1.51. The molecule has 34 heavy (non-hydrogen) atoms. The molecular weight excluding hydrogens is 516 g/mol. The van der Waals surface area contributed by atoms with E-state index in [9.17, 15) is 9.59 Å². The quantitative estimate of drug-likeness (QED) is 0.253. The number of carbonyl (C=O) groups excluding carboxylic acids is 2. The topological polar surface area (TPSA) is 67.9 Å². The van der Waals surface area contributed by atoms with Crippen LogP contribution in [0.25, 0.3) is 6.08 Å². The number of amides is 2. The molecule has 0 atom stereocenters. The van der Waals surface area contributed by atoms with E-state index in [1.165, 1.54) is 11.0 Å². The maximum absolute atomic E-state index is 13.2. The Morgan fingerprint density at radius 2 is 1.71 bits per heavy atom. The SMILES string of the molecule is CCOc1cccc(N2C(=O)/C(=C/c3ccc(OCc4ccc(Br)cc4)cc3)C(=O)NC2=S)c1. The number of rotatable bonds is 7. The Labute approximate surface area is 211 Å². The van der Waals surface area contributed by atoms with Crippen LogP contribution >= 0.6 is 28.1 Å². The third kappa shape index (κ3) is 5.52. The highest BCUT2D eigenvalue weighted by Gasteiger charge is 2.34. The molecule has 1 aliphatic heterocycles. The number of hydrogen-bond acceptors (Lipinski definition) is 5. The zero-order valence-electron chi connectivity index (χ0n) is 18.3. The summed E-state index contributed by atoms with van der Waals surface area (Å²) in [6, 6.07) is 22.1. The maximum atomic E-state index is 13.2. The van der Waals surface area contributed by atoms with Crippen molar-refractivity contribution in [3.8, 4) is 11.5 Å². The molecule has 0 unspecified atom stereocenters. The zero-order valence-corrected chi connectivity index (χ0v) is 20.7. The van der Waals surface area contributed by atoms with Crippen LogP contribution in [0.5, 0.6) is 11.5 Å². The van der Waals surface area contributed by atoms with Crippen molar-refractivity contribution in [1.82, 2.24) is 5.32 Å². The van der Waals surface area contributed by atoms with E-state index in [0.29, 0.717) is 36.0 Å². The summed E-state index contributed by atoms with van der Waals surface area (Å²) >= 11 is 8.68. The molecule has 3 aromatic carbocycles. The van der Waals surface area contributed by atoms with E-state index >= 15 is 0 Å². The van der Waals surface area contributed by atoms with E-state index in [2.05, 4.69) is 21.2 Å². The lowest BCUT2D eigenvalue weighted by molar-refractivity contribution is -0.122. The lowest BCUT2D eigenvalue weighted by Crippen LogP contribution is -2.54. The maximum Gasteiger partial charge on any atom is 0.270 e. The summed E-state index contributed by atoms with van der Waals surface area (Å²) in [5.41, 5.74) is 2.23. The van der Waals surface area contributed by atoms with Crippen molar-refractivity contribution < 1.29 is 19.1 Å². The van der Waals surface area contributed by atoms with Gasteiger partial charge in [0, 0.05) is 10.5 Å². The highest BCUT2D eigenvalue weighted by molar-refractivity contribution is 9.10. The van der Waals surface area contributed by atoms with Gasteiger partial charge in [0.15, 0.2) is 5.11 Å². The lowest BCUT2D eigenvalue weighted by atomic mass is 10.1. The Kier molecular flexibility index (Phi) is 7.40. The van der Waals surface area contributed by atoms with Gasteiger partial charge in [-0.1, -0.05) is 46.3 Å². The smallest absolute Gasteiger partial charge is 0.270 e. The fourth-order valence-corrected chi connectivity index (χ4v) is 3.89. The molecule has 1 saturated heterocycles. The average Bonchev–Trinajstić information content (AvgIpc) is 2.82. The van der Waals surface area contributed by atoms with Crippen molar-refractivity contribution in [2.24, 2.45) is 0 Å². The molecule has 0 radical (unpaired) electrons. The molecule has 2 amide bonds. The van der Waals surface area contributed by atoms with Crippen molar-refractivity contribution in [2.75, 3.05) is 11.5 Å². The monoisotopic (exact) mass is 536 g/mol. The molecule has 8 heteroatoms. The first kappa shape index (κ1) is 23.7. The van der Waals surface area contributed by atoms with Gasteiger partial charge >= 0.3 is 0 Å². The van der Waals surface area contributed by atoms with E-state index in [1.807, 2.05) is 31.2 Å². The molecule has 172 valence electrons. The van der Waals surface area contributed by atoms with E-state index in [-0.39, 0.29) is 10.7 Å². The van der Waals surface area contributed by atoms with E-state index < -0.39 is 11.8 Å². The molecule has 1 heterocycles. The van der Waals surface area contributed by atoms with Crippen molar-refractivity contribution in [2.45, 2.75) is 13.5 Å². The first-order valence-corrected chi connectivity index (χ1v) is 11.8. The Morgan fingerprint density at radius 1 is 0.971 bits per heavy atom. The van der Waals surface area contributed by atoms with Gasteiger partial charge in [0.2, 0.25) is 0 Å². The van der Waals surface area contributed by atoms with Crippen molar-refractivity contribution >= 4 is 56.8 Å². The summed E-state index contributed by atoms with van der Waals surface area (Å²) in [7, 11) is 0. The minimum Gasteiger partial charge on any atom is -0.494 e. The van der Waals surface area contributed by atoms with Crippen LogP contribution in [0.2, 0.25) is 0 Å². The number of carbonyl (C=O) groups is 2. The van der Waals surface area contributed by atoms with Crippen molar-refractivity contribution in [3.63, 3.8) is 0 Å². The fraction of sp³-hybridized carbons (Fsp3) is 0.115. The van der Waals surface area contributed by atoms with Gasteiger partial charge in [-0.05, 0) is 72.7 Å². The number of thiocarbonyl (C=S) groups is 1. The van der Waals surface area contributed by atoms with Crippen LogP contribution in [0.1, 0.15) is 18.1 Å². The molecular formula is C26H21BrN2O4S. The largest absolute Gasteiger partial charge is 0.494 e. The second-order valence-electron chi connectivity index (χ2n) is 7.37. The van der Waals surface area contributed by atoms with Gasteiger partial charge in [-0.3, -0.25) is 19.8 Å². The Bertz CT molecular complexity index is 1260. The number of nitrogens with zero attached hydrogens (tertiary/aromatic N) is 1. The van der Waals surface area contributed by atoms with Crippen LogP contribution in [-0.2, 0) is 16.2 Å². The van der Waals surface area contributed by atoms with Crippen molar-refractivity contribution in [1.29, 1.82) is 0 Å². The van der Waals surface area contributed by atoms with Crippen molar-refractivity contribution in [3.05, 3.63) is 94.0 Å². The standard InChI is InChI=1S/C26H21BrN2O4S/c1-2-32-22-5-3-4-20(15-22)29-25(31)23(24(30)28-26(29)34)14-17-8-12-21(13-9-17)33-16-18-6-10-19(27)11-7-18/h3-15H,2,16H2,1H3,(H,28,30,34)/b23-14+. The summed E-state index contributed by atoms with van der Waals surface area (Å²) in [4.78, 5) is 27.1. The predicted octanol–water partition coefficient (Wildman–Crippen LogP) is 5.26. The molecule has 0 bridgehead atoms. The van der Waals surface area contributed by atoms with Crippen LogP contribution < -0.4 is 19.7 Å². The van der Waals surface area contributed by atoms with Crippen LogP contribution in [0, 0.1) is 0 Å². The van der Waals surface area contributed by atoms with E-state index in [0.717, 1.165) is 10.0 Å².